The molecule has 37 heavy (non-hydrogen) atoms. The molecule has 0 aliphatic rings. The van der Waals surface area contributed by atoms with Crippen molar-refractivity contribution >= 4 is 29.7 Å². The molecule has 1 aromatic carbocycles. The third-order valence-electron chi connectivity index (χ3n) is 5.58. The lowest BCUT2D eigenvalue weighted by atomic mass is 10.0. The van der Waals surface area contributed by atoms with Crippen molar-refractivity contribution < 1.29 is 34.2 Å². The Balaban J connectivity index is 3.14. The lowest BCUT2D eigenvalue weighted by Gasteiger charge is -2.26. The summed E-state index contributed by atoms with van der Waals surface area (Å²) in [6.45, 7) is 7.42. The quantitative estimate of drug-likeness (QED) is 0.186. The number of hydrogen-bond acceptors (Lipinski definition) is 6. The normalized spacial score (nSPS) is 14.4. The SMILES string of the molecule is CC(C)CC(N)C(=O)NC(CCC(=O)O)C(=O)NC(Cc1ccccc1)C(=O)NC(CC(C)C)C(=O)O. The average Bonchev–Trinajstić information content (AvgIpc) is 2.80. The summed E-state index contributed by atoms with van der Waals surface area (Å²) in [5, 5.41) is 26.2. The van der Waals surface area contributed by atoms with Gasteiger partial charge >= 0.3 is 11.9 Å². The van der Waals surface area contributed by atoms with Crippen molar-refractivity contribution in [3.05, 3.63) is 35.9 Å². The first-order chi connectivity index (χ1) is 17.3. The second kappa shape index (κ2) is 15.6. The predicted molar refractivity (Wildman–Crippen MR) is 137 cm³/mol. The molecule has 4 atom stereocenters. The van der Waals surface area contributed by atoms with Gasteiger partial charge in [-0.1, -0.05) is 58.0 Å². The third kappa shape index (κ3) is 12.4. The summed E-state index contributed by atoms with van der Waals surface area (Å²) in [6.07, 6.45) is -0.00351. The maximum absolute atomic E-state index is 13.2. The van der Waals surface area contributed by atoms with Crippen LogP contribution in [0.3, 0.4) is 0 Å². The van der Waals surface area contributed by atoms with Gasteiger partial charge in [0, 0.05) is 12.8 Å². The lowest BCUT2D eigenvalue weighted by molar-refractivity contribution is -0.142. The van der Waals surface area contributed by atoms with E-state index in [9.17, 15) is 29.1 Å². The molecule has 0 saturated carbocycles. The first-order valence-corrected chi connectivity index (χ1v) is 12.4. The summed E-state index contributed by atoms with van der Waals surface area (Å²) in [7, 11) is 0. The van der Waals surface area contributed by atoms with Gasteiger partial charge < -0.3 is 31.9 Å². The summed E-state index contributed by atoms with van der Waals surface area (Å²) in [5.41, 5.74) is 6.63. The Morgan fingerprint density at radius 1 is 0.757 bits per heavy atom. The fraction of sp³-hybridized carbons (Fsp3) is 0.577. The summed E-state index contributed by atoms with van der Waals surface area (Å²) in [6, 6.07) is 4.35. The Bertz CT molecular complexity index is 921. The smallest absolute Gasteiger partial charge is 0.326 e. The van der Waals surface area contributed by atoms with Crippen LogP contribution in [0, 0.1) is 11.8 Å². The number of nitrogens with two attached hydrogens (primary N) is 1. The van der Waals surface area contributed by atoms with Crippen LogP contribution in [0.1, 0.15) is 58.9 Å². The van der Waals surface area contributed by atoms with Crippen LogP contribution in [0.4, 0.5) is 0 Å². The van der Waals surface area contributed by atoms with Gasteiger partial charge in [0.1, 0.15) is 18.1 Å². The fourth-order valence-electron chi connectivity index (χ4n) is 3.73. The Labute approximate surface area is 217 Å². The second-order valence-corrected chi connectivity index (χ2v) is 10.0. The number of carbonyl (C=O) groups excluding carboxylic acids is 3. The van der Waals surface area contributed by atoms with Crippen molar-refractivity contribution in [2.45, 2.75) is 84.0 Å². The molecule has 0 aromatic heterocycles. The Hall–Kier alpha value is -3.47. The van der Waals surface area contributed by atoms with Crippen LogP contribution in [0.25, 0.3) is 0 Å². The van der Waals surface area contributed by atoms with Crippen LogP contribution in [0.2, 0.25) is 0 Å². The van der Waals surface area contributed by atoms with Crippen molar-refractivity contribution in [3.63, 3.8) is 0 Å². The number of amides is 3. The number of aliphatic carboxylic acids is 2. The highest BCUT2D eigenvalue weighted by molar-refractivity contribution is 5.94. The molecule has 11 nitrogen and oxygen atoms in total. The fourth-order valence-corrected chi connectivity index (χ4v) is 3.73. The molecule has 0 bridgehead atoms. The largest absolute Gasteiger partial charge is 0.481 e. The van der Waals surface area contributed by atoms with Gasteiger partial charge in [-0.2, -0.15) is 0 Å². The van der Waals surface area contributed by atoms with E-state index in [1.54, 1.807) is 30.3 Å². The molecule has 0 heterocycles. The number of benzene rings is 1. The summed E-state index contributed by atoms with van der Waals surface area (Å²) >= 11 is 0. The zero-order chi connectivity index (χ0) is 28.1. The molecule has 11 heteroatoms. The minimum Gasteiger partial charge on any atom is -0.481 e. The van der Waals surface area contributed by atoms with Gasteiger partial charge in [-0.3, -0.25) is 19.2 Å². The maximum Gasteiger partial charge on any atom is 0.326 e. The van der Waals surface area contributed by atoms with E-state index < -0.39 is 60.2 Å². The molecule has 1 rings (SSSR count). The van der Waals surface area contributed by atoms with Crippen molar-refractivity contribution in [1.29, 1.82) is 0 Å². The molecule has 7 N–H and O–H groups in total. The van der Waals surface area contributed by atoms with E-state index in [4.69, 9.17) is 10.8 Å². The zero-order valence-electron chi connectivity index (χ0n) is 21.9. The minimum absolute atomic E-state index is 0.00535. The maximum atomic E-state index is 13.2. The Kier molecular flexibility index (Phi) is 13.3. The monoisotopic (exact) mass is 520 g/mol. The first kappa shape index (κ1) is 31.6. The molecular weight excluding hydrogens is 480 g/mol. The van der Waals surface area contributed by atoms with Crippen LogP contribution in [-0.4, -0.2) is 64.0 Å². The van der Waals surface area contributed by atoms with Crippen molar-refractivity contribution in [2.75, 3.05) is 0 Å². The van der Waals surface area contributed by atoms with E-state index in [1.807, 2.05) is 27.7 Å². The molecule has 0 fully saturated rings. The van der Waals surface area contributed by atoms with Crippen LogP contribution >= 0.6 is 0 Å². The number of nitrogens with one attached hydrogen (secondary N) is 3. The van der Waals surface area contributed by atoms with Gasteiger partial charge in [-0.05, 0) is 36.7 Å². The van der Waals surface area contributed by atoms with Gasteiger partial charge in [0.15, 0.2) is 0 Å². The number of carboxylic acid groups (broad SMARTS) is 2. The molecule has 206 valence electrons. The molecule has 0 spiro atoms. The molecule has 0 aliphatic heterocycles. The van der Waals surface area contributed by atoms with Gasteiger partial charge in [-0.25, -0.2) is 4.79 Å². The number of hydrogen-bond donors (Lipinski definition) is 6. The molecule has 4 unspecified atom stereocenters. The second-order valence-electron chi connectivity index (χ2n) is 10.0. The minimum atomic E-state index is -1.25. The van der Waals surface area contributed by atoms with E-state index in [0.717, 1.165) is 0 Å². The van der Waals surface area contributed by atoms with Crippen molar-refractivity contribution in [1.82, 2.24) is 16.0 Å². The molecule has 0 radical (unpaired) electrons. The highest BCUT2D eigenvalue weighted by Crippen LogP contribution is 2.10. The highest BCUT2D eigenvalue weighted by Gasteiger charge is 2.31. The van der Waals surface area contributed by atoms with Crippen LogP contribution in [-0.2, 0) is 30.4 Å². The number of carboxylic acids is 2. The molecular formula is C26H40N4O7. The molecule has 1 aromatic rings. The number of rotatable bonds is 16. The van der Waals surface area contributed by atoms with Crippen LogP contribution in [0.5, 0.6) is 0 Å². The van der Waals surface area contributed by atoms with Crippen molar-refractivity contribution in [3.8, 4) is 0 Å². The van der Waals surface area contributed by atoms with Crippen LogP contribution in [0.15, 0.2) is 30.3 Å². The number of carbonyl (C=O) groups is 5. The Morgan fingerprint density at radius 3 is 1.78 bits per heavy atom. The van der Waals surface area contributed by atoms with Gasteiger partial charge in [0.2, 0.25) is 17.7 Å². The summed E-state index contributed by atoms with van der Waals surface area (Å²) < 4.78 is 0. The van der Waals surface area contributed by atoms with E-state index in [1.165, 1.54) is 0 Å². The van der Waals surface area contributed by atoms with Gasteiger partial charge in [0.05, 0.1) is 6.04 Å². The molecule has 0 saturated heterocycles. The predicted octanol–water partition coefficient (Wildman–Crippen LogP) is 1.05. The lowest BCUT2D eigenvalue weighted by Crippen LogP contribution is -2.57. The molecule has 3 amide bonds. The highest BCUT2D eigenvalue weighted by atomic mass is 16.4. The summed E-state index contributed by atoms with van der Waals surface area (Å²) in [4.78, 5) is 61.7. The first-order valence-electron chi connectivity index (χ1n) is 12.4. The van der Waals surface area contributed by atoms with Crippen molar-refractivity contribution in [2.24, 2.45) is 17.6 Å². The summed E-state index contributed by atoms with van der Waals surface area (Å²) in [5.74, 6) is -4.31. The third-order valence-corrected chi connectivity index (χ3v) is 5.58. The van der Waals surface area contributed by atoms with E-state index in [-0.39, 0.29) is 31.1 Å². The topological polar surface area (TPSA) is 188 Å². The van der Waals surface area contributed by atoms with E-state index in [0.29, 0.717) is 12.0 Å². The Morgan fingerprint density at radius 2 is 1.27 bits per heavy atom. The standard InChI is InChI=1S/C26H40N4O7/c1-15(2)12-18(27)23(33)28-19(10-11-22(31)32)24(34)29-20(14-17-8-6-5-7-9-17)25(35)30-21(26(36)37)13-16(3)4/h5-9,15-16,18-21H,10-14,27H2,1-4H3,(H,28,33)(H,29,34)(H,30,35)(H,31,32)(H,36,37). The average molecular weight is 521 g/mol. The van der Waals surface area contributed by atoms with E-state index >= 15 is 0 Å². The van der Waals surface area contributed by atoms with Gasteiger partial charge in [-0.15, -0.1) is 0 Å². The molecule has 0 aliphatic carbocycles. The zero-order valence-corrected chi connectivity index (χ0v) is 21.9. The van der Waals surface area contributed by atoms with Gasteiger partial charge in [0.25, 0.3) is 0 Å². The van der Waals surface area contributed by atoms with Crippen LogP contribution < -0.4 is 21.7 Å². The van der Waals surface area contributed by atoms with E-state index in [2.05, 4.69) is 16.0 Å².